The second-order valence-electron chi connectivity index (χ2n) is 3.74. The van der Waals surface area contributed by atoms with E-state index in [1.165, 1.54) is 6.07 Å². The van der Waals surface area contributed by atoms with Crippen molar-refractivity contribution in [1.29, 1.82) is 0 Å². The maximum Gasteiger partial charge on any atom is 0.420 e. The predicted molar refractivity (Wildman–Crippen MR) is 60.8 cm³/mol. The van der Waals surface area contributed by atoms with Gasteiger partial charge >= 0.3 is 12.4 Å². The highest BCUT2D eigenvalue weighted by atomic mass is 32.1. The molecule has 0 amide bonds. The predicted octanol–water partition coefficient (Wildman–Crippen LogP) is 5.58. The van der Waals surface area contributed by atoms with Crippen LogP contribution in [0, 0.1) is 0 Å². The number of thiophene rings is 1. The van der Waals surface area contributed by atoms with Crippen LogP contribution in [0.4, 0.5) is 26.3 Å². The van der Waals surface area contributed by atoms with Crippen molar-refractivity contribution >= 4 is 11.3 Å². The summed E-state index contributed by atoms with van der Waals surface area (Å²) in [6.45, 7) is 0. The van der Waals surface area contributed by atoms with Gasteiger partial charge < -0.3 is 4.74 Å². The topological polar surface area (TPSA) is 9.23 Å². The molecule has 0 radical (unpaired) electrons. The fraction of sp³-hybridized carbons (Fsp3) is 0.167. The van der Waals surface area contributed by atoms with Crippen LogP contribution >= 0.6 is 11.3 Å². The molecule has 20 heavy (non-hydrogen) atoms. The summed E-state index contributed by atoms with van der Waals surface area (Å²) in [4.78, 5) is 0. The van der Waals surface area contributed by atoms with E-state index >= 15 is 0 Å². The first kappa shape index (κ1) is 14.7. The highest BCUT2D eigenvalue weighted by Gasteiger charge is 2.39. The van der Waals surface area contributed by atoms with E-state index in [-0.39, 0.29) is 11.1 Å². The van der Waals surface area contributed by atoms with Crippen molar-refractivity contribution in [2.75, 3.05) is 0 Å². The minimum absolute atomic E-state index is 0.0446. The molecular weight excluding hydrogens is 306 g/mol. The molecule has 0 atom stereocenters. The van der Waals surface area contributed by atoms with Gasteiger partial charge in [0.15, 0.2) is 5.06 Å². The van der Waals surface area contributed by atoms with Gasteiger partial charge in [-0.1, -0.05) is 0 Å². The molecule has 8 heteroatoms. The first-order valence-electron chi connectivity index (χ1n) is 5.18. The molecule has 0 spiro atoms. The molecule has 2 rings (SSSR count). The van der Waals surface area contributed by atoms with E-state index in [9.17, 15) is 26.3 Å². The third-order valence-corrected chi connectivity index (χ3v) is 3.06. The van der Waals surface area contributed by atoms with Crippen molar-refractivity contribution in [3.8, 4) is 10.8 Å². The van der Waals surface area contributed by atoms with Crippen LogP contribution in [0.2, 0.25) is 0 Å². The first-order valence-corrected chi connectivity index (χ1v) is 6.05. The molecule has 1 aromatic carbocycles. The monoisotopic (exact) mass is 312 g/mol. The maximum absolute atomic E-state index is 12.8. The summed E-state index contributed by atoms with van der Waals surface area (Å²) < 4.78 is 80.8. The molecule has 1 heterocycles. The molecule has 0 bridgehead atoms. The summed E-state index contributed by atoms with van der Waals surface area (Å²) in [5, 5.41) is 1.74. The Morgan fingerprint density at radius 1 is 0.900 bits per heavy atom. The molecule has 0 aliphatic carbocycles. The summed E-state index contributed by atoms with van der Waals surface area (Å²) in [7, 11) is 0. The van der Waals surface area contributed by atoms with Crippen LogP contribution in [0.3, 0.4) is 0 Å². The summed E-state index contributed by atoms with van der Waals surface area (Å²) in [5.74, 6) is -0.659. The van der Waals surface area contributed by atoms with E-state index in [4.69, 9.17) is 4.74 Å². The largest absolute Gasteiger partial charge is 0.446 e. The highest BCUT2D eigenvalue weighted by Crippen LogP contribution is 2.42. The highest BCUT2D eigenvalue weighted by molar-refractivity contribution is 7.11. The summed E-state index contributed by atoms with van der Waals surface area (Å²) in [5.41, 5.74) is -2.83. The van der Waals surface area contributed by atoms with Gasteiger partial charge in [0.1, 0.15) is 5.75 Å². The molecule has 0 aliphatic heterocycles. The van der Waals surface area contributed by atoms with Gasteiger partial charge in [-0.15, -0.1) is 11.3 Å². The molecule has 1 aromatic heterocycles. The Labute approximate surface area is 113 Å². The van der Waals surface area contributed by atoms with Crippen molar-refractivity contribution in [3.63, 3.8) is 0 Å². The zero-order valence-electron chi connectivity index (χ0n) is 9.55. The lowest BCUT2D eigenvalue weighted by atomic mass is 10.1. The van der Waals surface area contributed by atoms with Gasteiger partial charge in [-0.05, 0) is 35.7 Å². The van der Waals surface area contributed by atoms with E-state index in [1.807, 2.05) is 0 Å². The molecule has 0 saturated carbocycles. The van der Waals surface area contributed by atoms with Crippen LogP contribution < -0.4 is 4.74 Å². The van der Waals surface area contributed by atoms with Gasteiger partial charge in [-0.2, -0.15) is 26.3 Å². The average Bonchev–Trinajstić information content (AvgIpc) is 2.79. The lowest BCUT2D eigenvalue weighted by Crippen LogP contribution is -2.11. The van der Waals surface area contributed by atoms with Gasteiger partial charge in [-0.25, -0.2) is 0 Å². The van der Waals surface area contributed by atoms with Crippen LogP contribution in [0.25, 0.3) is 0 Å². The van der Waals surface area contributed by atoms with Crippen LogP contribution in [-0.4, -0.2) is 0 Å². The summed E-state index contributed by atoms with van der Waals surface area (Å²) >= 11 is 1.04. The Kier molecular flexibility index (Phi) is 3.68. The summed E-state index contributed by atoms with van der Waals surface area (Å²) in [6.07, 6.45) is -9.78. The van der Waals surface area contributed by atoms with E-state index < -0.39 is 29.2 Å². The van der Waals surface area contributed by atoms with Crippen LogP contribution in [0.5, 0.6) is 10.8 Å². The molecule has 0 saturated heterocycles. The second kappa shape index (κ2) is 5.01. The number of hydrogen-bond acceptors (Lipinski definition) is 2. The Morgan fingerprint density at radius 3 is 2.10 bits per heavy atom. The van der Waals surface area contributed by atoms with Crippen LogP contribution in [0.1, 0.15) is 11.1 Å². The van der Waals surface area contributed by atoms with Gasteiger partial charge in [0.05, 0.1) is 11.1 Å². The van der Waals surface area contributed by atoms with Crippen molar-refractivity contribution in [2.24, 2.45) is 0 Å². The van der Waals surface area contributed by atoms with Crippen LogP contribution in [-0.2, 0) is 12.4 Å². The number of hydrogen-bond donors (Lipinski definition) is 0. The normalized spacial score (nSPS) is 12.5. The van der Waals surface area contributed by atoms with Crippen molar-refractivity contribution < 1.29 is 31.1 Å². The Bertz CT molecular complexity index is 585. The number of halogens is 6. The van der Waals surface area contributed by atoms with Crippen molar-refractivity contribution in [1.82, 2.24) is 0 Å². The van der Waals surface area contributed by atoms with E-state index in [0.717, 1.165) is 11.3 Å². The molecule has 0 unspecified atom stereocenters. The minimum atomic E-state index is -4.94. The quantitative estimate of drug-likeness (QED) is 0.658. The first-order chi connectivity index (χ1) is 9.18. The smallest absolute Gasteiger partial charge is 0.420 e. The lowest BCUT2D eigenvalue weighted by molar-refractivity contribution is -0.143. The van der Waals surface area contributed by atoms with E-state index in [2.05, 4.69) is 0 Å². The standard InChI is InChI=1S/C12H6F6OS/c13-11(14,15)7-3-4-9(8(6-7)12(16,17)18)19-10-2-1-5-20-10/h1-6H. The Balaban J connectivity index is 2.46. The van der Waals surface area contributed by atoms with Crippen molar-refractivity contribution in [2.45, 2.75) is 12.4 Å². The number of ether oxygens (including phenoxy) is 1. The Hall–Kier alpha value is -1.70. The van der Waals surface area contributed by atoms with Crippen molar-refractivity contribution in [3.05, 3.63) is 46.8 Å². The third-order valence-electron chi connectivity index (χ3n) is 2.32. The zero-order chi connectivity index (χ0) is 15.0. The second-order valence-corrected chi connectivity index (χ2v) is 4.65. The molecule has 2 aromatic rings. The molecular formula is C12H6F6OS. The lowest BCUT2D eigenvalue weighted by Gasteiger charge is -2.15. The van der Waals surface area contributed by atoms with Crippen LogP contribution in [0.15, 0.2) is 35.7 Å². The van der Waals surface area contributed by atoms with Gasteiger partial charge in [0.25, 0.3) is 0 Å². The van der Waals surface area contributed by atoms with E-state index in [1.54, 1.807) is 11.4 Å². The molecule has 0 N–H and O–H groups in total. The molecule has 108 valence electrons. The maximum atomic E-state index is 12.8. The number of rotatable bonds is 2. The zero-order valence-corrected chi connectivity index (χ0v) is 10.4. The number of alkyl halides is 6. The van der Waals surface area contributed by atoms with E-state index in [0.29, 0.717) is 12.1 Å². The van der Waals surface area contributed by atoms with Gasteiger partial charge in [-0.3, -0.25) is 0 Å². The van der Waals surface area contributed by atoms with Gasteiger partial charge in [0.2, 0.25) is 0 Å². The summed E-state index contributed by atoms with van der Waals surface area (Å²) in [6, 6.07) is 4.24. The fourth-order valence-electron chi connectivity index (χ4n) is 1.45. The Morgan fingerprint density at radius 2 is 1.60 bits per heavy atom. The molecule has 1 nitrogen and oxygen atoms in total. The molecule has 0 fully saturated rings. The SMILES string of the molecule is FC(F)(F)c1ccc(Oc2cccs2)c(C(F)(F)F)c1. The fourth-order valence-corrected chi connectivity index (χ4v) is 2.03. The minimum Gasteiger partial charge on any atom is -0.446 e. The third kappa shape index (κ3) is 3.24. The number of benzene rings is 1. The molecule has 0 aliphatic rings. The van der Waals surface area contributed by atoms with Gasteiger partial charge in [0, 0.05) is 0 Å². The average molecular weight is 312 g/mol.